The third kappa shape index (κ3) is 4.78. The maximum atomic E-state index is 12.0. The average molecular weight is 358 g/mol. The predicted molar refractivity (Wildman–Crippen MR) is 91.6 cm³/mol. The minimum Gasteiger partial charge on any atom is -0.365 e. The van der Waals surface area contributed by atoms with Crippen LogP contribution in [0.1, 0.15) is 47.0 Å². The Morgan fingerprint density at radius 1 is 1.39 bits per heavy atom. The molecule has 1 aromatic heterocycles. The van der Waals surface area contributed by atoms with Crippen LogP contribution < -0.4 is 11.1 Å². The number of carbonyl (C=O) groups excluding carboxylic acids is 2. The van der Waals surface area contributed by atoms with Crippen LogP contribution in [-0.2, 0) is 27.5 Å². The molecule has 23 heavy (non-hydrogen) atoms. The highest BCUT2D eigenvalue weighted by atomic mass is 32.2. The summed E-state index contributed by atoms with van der Waals surface area (Å²) in [5.74, 6) is -0.284. The van der Waals surface area contributed by atoms with E-state index in [4.69, 9.17) is 5.73 Å². The monoisotopic (exact) mass is 358 g/mol. The molecular weight excluding hydrogens is 336 g/mol. The van der Waals surface area contributed by atoms with E-state index < -0.39 is 15.7 Å². The van der Waals surface area contributed by atoms with E-state index in [1.54, 1.807) is 0 Å². The summed E-state index contributed by atoms with van der Waals surface area (Å²) in [5.41, 5.74) is 6.88. The van der Waals surface area contributed by atoms with E-state index in [1.807, 2.05) is 0 Å². The molecule has 6 nitrogen and oxygen atoms in total. The van der Waals surface area contributed by atoms with Crippen molar-refractivity contribution in [2.75, 3.05) is 17.3 Å². The number of fused-ring (bicyclic) bond motifs is 1. The minimum atomic E-state index is -3.07. The molecule has 1 aromatic rings. The Bertz CT molecular complexity index is 722. The molecule has 0 aliphatic heterocycles. The molecule has 0 spiro atoms. The topological polar surface area (TPSA) is 106 Å². The van der Waals surface area contributed by atoms with Crippen molar-refractivity contribution < 1.29 is 18.0 Å². The number of rotatable bonds is 6. The lowest BCUT2D eigenvalue weighted by atomic mass is 9.88. The number of amides is 2. The van der Waals surface area contributed by atoms with E-state index in [1.165, 1.54) is 11.3 Å². The van der Waals surface area contributed by atoms with Gasteiger partial charge in [0.25, 0.3) is 5.91 Å². The summed E-state index contributed by atoms with van der Waals surface area (Å²) in [4.78, 5) is 24.9. The van der Waals surface area contributed by atoms with Crippen molar-refractivity contribution in [2.45, 2.75) is 39.0 Å². The number of carbonyl (C=O) groups is 2. The van der Waals surface area contributed by atoms with Crippen LogP contribution >= 0.6 is 11.3 Å². The first kappa shape index (κ1) is 17.9. The minimum absolute atomic E-state index is 0.0262. The highest BCUT2D eigenvalue weighted by Crippen LogP contribution is 2.39. The molecule has 0 saturated heterocycles. The molecule has 2 rings (SSSR count). The molecule has 0 saturated carbocycles. The summed E-state index contributed by atoms with van der Waals surface area (Å²) in [6.45, 7) is 2.16. The van der Waals surface area contributed by atoms with Crippen LogP contribution in [0.25, 0.3) is 0 Å². The van der Waals surface area contributed by atoms with Gasteiger partial charge < -0.3 is 11.1 Å². The summed E-state index contributed by atoms with van der Waals surface area (Å²) in [6, 6.07) is 0. The summed E-state index contributed by atoms with van der Waals surface area (Å²) in [6.07, 6.45) is 4.21. The largest absolute Gasteiger partial charge is 0.365 e. The molecule has 1 aliphatic carbocycles. The third-order valence-electron chi connectivity index (χ3n) is 3.93. The quantitative estimate of drug-likeness (QED) is 0.807. The number of primary amides is 1. The Morgan fingerprint density at radius 2 is 2.09 bits per heavy atom. The van der Waals surface area contributed by atoms with Gasteiger partial charge >= 0.3 is 0 Å². The van der Waals surface area contributed by atoms with E-state index in [0.29, 0.717) is 16.5 Å². The summed E-state index contributed by atoms with van der Waals surface area (Å²) in [5, 5.41) is 3.23. The number of nitrogens with two attached hydrogens (primary N) is 1. The van der Waals surface area contributed by atoms with E-state index in [9.17, 15) is 18.0 Å². The van der Waals surface area contributed by atoms with Gasteiger partial charge in [0, 0.05) is 17.6 Å². The lowest BCUT2D eigenvalue weighted by Crippen LogP contribution is -2.19. The summed E-state index contributed by atoms with van der Waals surface area (Å²) < 4.78 is 22.2. The van der Waals surface area contributed by atoms with E-state index in [2.05, 4.69) is 12.2 Å². The van der Waals surface area contributed by atoms with Crippen molar-refractivity contribution in [3.05, 3.63) is 16.0 Å². The molecule has 0 bridgehead atoms. The molecule has 8 heteroatoms. The zero-order chi connectivity index (χ0) is 17.2. The van der Waals surface area contributed by atoms with Gasteiger partial charge in [-0.1, -0.05) is 6.92 Å². The molecule has 2 amide bonds. The fourth-order valence-electron chi connectivity index (χ4n) is 2.78. The molecule has 3 N–H and O–H groups in total. The van der Waals surface area contributed by atoms with Crippen LogP contribution in [-0.4, -0.2) is 32.2 Å². The Labute approximate surface area is 140 Å². The van der Waals surface area contributed by atoms with Crippen LogP contribution in [0.15, 0.2) is 0 Å². The number of anilines is 1. The van der Waals surface area contributed by atoms with Crippen molar-refractivity contribution in [3.63, 3.8) is 0 Å². The highest BCUT2D eigenvalue weighted by Gasteiger charge is 2.27. The van der Waals surface area contributed by atoms with Crippen LogP contribution in [0.3, 0.4) is 0 Å². The molecule has 128 valence electrons. The Hall–Kier alpha value is -1.41. The van der Waals surface area contributed by atoms with E-state index in [0.717, 1.165) is 36.0 Å². The SMILES string of the molecule is CC1CCc2c(sc(NC(=O)CCCS(C)(=O)=O)c2C(N)=O)C1. The van der Waals surface area contributed by atoms with Crippen LogP contribution in [0.2, 0.25) is 0 Å². The summed E-state index contributed by atoms with van der Waals surface area (Å²) in [7, 11) is -3.07. The first-order valence-corrected chi connectivity index (χ1v) is 10.5. The number of sulfone groups is 1. The lowest BCUT2D eigenvalue weighted by Gasteiger charge is -2.18. The molecule has 1 atom stereocenters. The zero-order valence-electron chi connectivity index (χ0n) is 13.3. The molecule has 1 aliphatic rings. The second-order valence-electron chi connectivity index (χ2n) is 6.20. The van der Waals surface area contributed by atoms with Gasteiger partial charge in [-0.25, -0.2) is 8.42 Å². The van der Waals surface area contributed by atoms with Crippen molar-refractivity contribution >= 4 is 38.0 Å². The van der Waals surface area contributed by atoms with E-state index in [-0.39, 0.29) is 24.5 Å². The lowest BCUT2D eigenvalue weighted by molar-refractivity contribution is -0.116. The average Bonchev–Trinajstić information content (AvgIpc) is 2.73. The first-order valence-electron chi connectivity index (χ1n) is 7.59. The highest BCUT2D eigenvalue weighted by molar-refractivity contribution is 7.90. The maximum Gasteiger partial charge on any atom is 0.251 e. The Balaban J connectivity index is 2.10. The number of hydrogen-bond acceptors (Lipinski definition) is 5. The maximum absolute atomic E-state index is 12.0. The summed E-state index contributed by atoms with van der Waals surface area (Å²) >= 11 is 1.41. The van der Waals surface area contributed by atoms with Crippen LogP contribution in [0, 0.1) is 5.92 Å². The molecule has 0 fully saturated rings. The smallest absolute Gasteiger partial charge is 0.251 e. The number of hydrogen-bond donors (Lipinski definition) is 2. The number of thiophene rings is 1. The van der Waals surface area contributed by atoms with E-state index >= 15 is 0 Å². The predicted octanol–water partition coefficient (Wildman–Crippen LogP) is 1.74. The third-order valence-corrected chi connectivity index (χ3v) is 6.13. The van der Waals surface area contributed by atoms with Gasteiger partial charge in [0.15, 0.2) is 0 Å². The van der Waals surface area contributed by atoms with Gasteiger partial charge in [-0.3, -0.25) is 9.59 Å². The molecular formula is C15H22N2O4S2. The van der Waals surface area contributed by atoms with Gasteiger partial charge in [0.1, 0.15) is 14.8 Å². The van der Waals surface area contributed by atoms with Crippen molar-refractivity contribution in [1.29, 1.82) is 0 Å². The zero-order valence-corrected chi connectivity index (χ0v) is 15.0. The molecule has 0 radical (unpaired) electrons. The van der Waals surface area contributed by atoms with Crippen molar-refractivity contribution in [2.24, 2.45) is 11.7 Å². The van der Waals surface area contributed by atoms with Crippen molar-refractivity contribution in [1.82, 2.24) is 0 Å². The second kappa shape index (κ2) is 7.00. The number of nitrogens with one attached hydrogen (secondary N) is 1. The van der Waals surface area contributed by atoms with Gasteiger partial charge in [0.05, 0.1) is 11.3 Å². The van der Waals surface area contributed by atoms with Crippen LogP contribution in [0.4, 0.5) is 5.00 Å². The Kier molecular flexibility index (Phi) is 5.46. The first-order chi connectivity index (χ1) is 10.7. The van der Waals surface area contributed by atoms with Crippen molar-refractivity contribution in [3.8, 4) is 0 Å². The second-order valence-corrected chi connectivity index (χ2v) is 9.57. The van der Waals surface area contributed by atoms with Gasteiger partial charge in [-0.05, 0) is 37.2 Å². The van der Waals surface area contributed by atoms with Gasteiger partial charge in [0.2, 0.25) is 5.91 Å². The Morgan fingerprint density at radius 3 is 2.70 bits per heavy atom. The molecule has 1 unspecified atom stereocenters. The fraction of sp³-hybridized carbons (Fsp3) is 0.600. The van der Waals surface area contributed by atoms with Gasteiger partial charge in [-0.2, -0.15) is 0 Å². The normalized spacial score (nSPS) is 17.6. The molecule has 1 heterocycles. The van der Waals surface area contributed by atoms with Crippen LogP contribution in [0.5, 0.6) is 0 Å². The molecule has 0 aromatic carbocycles. The fourth-order valence-corrected chi connectivity index (χ4v) is 4.88. The standard InChI is InChI=1S/C15H22N2O4S2/c1-9-5-6-10-11(8-9)22-15(13(10)14(16)19)17-12(18)4-3-7-23(2,20)21/h9H,3-8H2,1-2H3,(H2,16,19)(H,17,18). The van der Waals surface area contributed by atoms with Gasteiger partial charge in [-0.15, -0.1) is 11.3 Å².